The van der Waals surface area contributed by atoms with E-state index < -0.39 is 34.4 Å². The maximum absolute atomic E-state index is 13.8. The number of carbonyl (C=O) groups is 2. The Morgan fingerprint density at radius 3 is 2.24 bits per heavy atom. The maximum atomic E-state index is 13.8. The van der Waals surface area contributed by atoms with Gasteiger partial charge in [-0.1, -0.05) is 76.7 Å². The van der Waals surface area contributed by atoms with E-state index >= 15 is 0 Å². The second-order valence-corrected chi connectivity index (χ2v) is 11.7. The fraction of sp³-hybridized carbons (Fsp3) is 0.231. The molecule has 0 radical (unpaired) electrons. The summed E-state index contributed by atoms with van der Waals surface area (Å²) in [5, 5.41) is 3.47. The largest absolute Gasteiger partial charge is 0.355 e. The first-order valence-corrected chi connectivity index (χ1v) is 14.5. The molecule has 0 fully saturated rings. The van der Waals surface area contributed by atoms with Crippen molar-refractivity contribution in [3.05, 3.63) is 92.4 Å². The molecular formula is C26H25Cl4N3O4S. The molecule has 0 unspecified atom stereocenters. The van der Waals surface area contributed by atoms with Gasteiger partial charge < -0.3 is 10.2 Å². The Hall–Kier alpha value is -2.49. The summed E-state index contributed by atoms with van der Waals surface area (Å²) in [5.41, 5.74) is 0.547. The van der Waals surface area contributed by atoms with E-state index in [9.17, 15) is 18.0 Å². The zero-order valence-electron chi connectivity index (χ0n) is 20.5. The number of carbonyl (C=O) groups excluding carboxylic acids is 2. The molecule has 3 aromatic carbocycles. The summed E-state index contributed by atoms with van der Waals surface area (Å²) in [6.45, 7) is 2.92. The quantitative estimate of drug-likeness (QED) is 0.300. The molecule has 1 atom stereocenters. The molecule has 0 aromatic heterocycles. The summed E-state index contributed by atoms with van der Waals surface area (Å²) < 4.78 is 28.4. The van der Waals surface area contributed by atoms with E-state index in [1.165, 1.54) is 41.3 Å². The number of hydrogen-bond acceptors (Lipinski definition) is 4. The Morgan fingerprint density at radius 1 is 0.921 bits per heavy atom. The fourth-order valence-electron chi connectivity index (χ4n) is 3.66. The Balaban J connectivity index is 2.08. The lowest BCUT2D eigenvalue weighted by Crippen LogP contribution is -2.51. The van der Waals surface area contributed by atoms with Crippen molar-refractivity contribution in [2.45, 2.75) is 31.3 Å². The SMILES string of the molecule is CCNC(=O)[C@H](C)N(Cc1ccc(Cl)cc1Cl)C(=O)CN(c1cccc(Cl)c1Cl)S(=O)(=O)c1ccccc1. The monoisotopic (exact) mass is 615 g/mol. The highest BCUT2D eigenvalue weighted by Crippen LogP contribution is 2.35. The van der Waals surface area contributed by atoms with Gasteiger partial charge in [0, 0.05) is 23.1 Å². The van der Waals surface area contributed by atoms with Crippen LogP contribution in [-0.4, -0.2) is 44.3 Å². The average molecular weight is 617 g/mol. The predicted octanol–water partition coefficient (Wildman–Crippen LogP) is 6.05. The van der Waals surface area contributed by atoms with Gasteiger partial charge in [0.05, 0.1) is 20.6 Å². The van der Waals surface area contributed by atoms with E-state index in [-0.39, 0.29) is 27.2 Å². The summed E-state index contributed by atoms with van der Waals surface area (Å²) in [7, 11) is -4.27. The van der Waals surface area contributed by atoms with Crippen LogP contribution in [0.4, 0.5) is 5.69 Å². The van der Waals surface area contributed by atoms with Crippen LogP contribution in [0, 0.1) is 0 Å². The number of benzene rings is 3. The highest BCUT2D eigenvalue weighted by molar-refractivity contribution is 7.92. The highest BCUT2D eigenvalue weighted by Gasteiger charge is 2.33. The normalized spacial score (nSPS) is 12.1. The third-order valence-electron chi connectivity index (χ3n) is 5.68. The molecule has 38 heavy (non-hydrogen) atoms. The van der Waals surface area contributed by atoms with E-state index in [1.54, 1.807) is 44.2 Å². The molecule has 0 aliphatic carbocycles. The molecule has 0 saturated heterocycles. The molecule has 3 rings (SSSR count). The van der Waals surface area contributed by atoms with Crippen LogP contribution >= 0.6 is 46.4 Å². The zero-order chi connectivity index (χ0) is 28.0. The summed E-state index contributed by atoms with van der Waals surface area (Å²) in [5.74, 6) is -1.07. The second-order valence-electron chi connectivity index (χ2n) is 8.23. The molecule has 3 aromatic rings. The molecule has 1 N–H and O–H groups in total. The van der Waals surface area contributed by atoms with Crippen molar-refractivity contribution in [3.8, 4) is 0 Å². The summed E-state index contributed by atoms with van der Waals surface area (Å²) >= 11 is 25.0. The third kappa shape index (κ3) is 6.93. The number of nitrogens with zero attached hydrogens (tertiary/aromatic N) is 2. The Morgan fingerprint density at radius 2 is 1.61 bits per heavy atom. The first kappa shape index (κ1) is 30.1. The molecule has 2 amide bonds. The lowest BCUT2D eigenvalue weighted by atomic mass is 10.1. The number of amides is 2. The Labute approximate surface area is 242 Å². The maximum Gasteiger partial charge on any atom is 0.264 e. The second kappa shape index (κ2) is 13.0. The van der Waals surface area contributed by atoms with Crippen LogP contribution in [0.5, 0.6) is 0 Å². The van der Waals surface area contributed by atoms with E-state index in [4.69, 9.17) is 46.4 Å². The van der Waals surface area contributed by atoms with E-state index in [0.717, 1.165) is 4.31 Å². The van der Waals surface area contributed by atoms with Gasteiger partial charge >= 0.3 is 0 Å². The minimum Gasteiger partial charge on any atom is -0.355 e. The van der Waals surface area contributed by atoms with E-state index in [1.807, 2.05) is 0 Å². The Kier molecular flexibility index (Phi) is 10.3. The summed E-state index contributed by atoms with van der Waals surface area (Å²) in [6, 6.07) is 15.9. The van der Waals surface area contributed by atoms with Crippen molar-refractivity contribution in [1.82, 2.24) is 10.2 Å². The van der Waals surface area contributed by atoms with Gasteiger partial charge in [-0.15, -0.1) is 0 Å². The number of anilines is 1. The van der Waals surface area contributed by atoms with Crippen molar-refractivity contribution in [2.75, 3.05) is 17.4 Å². The molecule has 12 heteroatoms. The first-order chi connectivity index (χ1) is 18.0. The van der Waals surface area contributed by atoms with Crippen molar-refractivity contribution in [3.63, 3.8) is 0 Å². The molecule has 0 heterocycles. The molecule has 7 nitrogen and oxygen atoms in total. The lowest BCUT2D eigenvalue weighted by molar-refractivity contribution is -0.139. The van der Waals surface area contributed by atoms with Gasteiger partial charge in [0.15, 0.2) is 0 Å². The number of halogens is 4. The van der Waals surface area contributed by atoms with Gasteiger partial charge in [-0.2, -0.15) is 0 Å². The standard InChI is InChI=1S/C26H25Cl4N3O4S/c1-3-31-26(35)17(2)32(15-18-12-13-19(27)14-22(18)29)24(34)16-33(23-11-7-10-21(28)25(23)30)38(36,37)20-8-5-4-6-9-20/h4-14,17H,3,15-16H2,1-2H3,(H,31,35)/t17-/m0/s1. The number of likely N-dealkylation sites (N-methyl/N-ethyl adjacent to an activating group) is 1. The van der Waals surface area contributed by atoms with Crippen molar-refractivity contribution < 1.29 is 18.0 Å². The number of hydrogen-bond donors (Lipinski definition) is 1. The number of sulfonamides is 1. The minimum absolute atomic E-state index is 0.0199. The molecule has 202 valence electrons. The van der Waals surface area contributed by atoms with E-state index in [2.05, 4.69) is 5.32 Å². The van der Waals surface area contributed by atoms with Crippen LogP contribution < -0.4 is 9.62 Å². The molecule has 0 bridgehead atoms. The summed E-state index contributed by atoms with van der Waals surface area (Å²) in [6.07, 6.45) is 0. The Bertz CT molecular complexity index is 1420. The smallest absolute Gasteiger partial charge is 0.264 e. The fourth-order valence-corrected chi connectivity index (χ4v) is 6.02. The molecule has 0 aliphatic heterocycles. The first-order valence-electron chi connectivity index (χ1n) is 11.5. The highest BCUT2D eigenvalue weighted by atomic mass is 35.5. The number of nitrogens with one attached hydrogen (secondary N) is 1. The van der Waals surface area contributed by atoms with Crippen LogP contribution in [0.1, 0.15) is 19.4 Å². The third-order valence-corrected chi connectivity index (χ3v) is 8.85. The molecular weight excluding hydrogens is 592 g/mol. The topological polar surface area (TPSA) is 86.8 Å². The van der Waals surface area contributed by atoms with Crippen LogP contribution in [0.15, 0.2) is 71.6 Å². The van der Waals surface area contributed by atoms with Gasteiger partial charge in [-0.05, 0) is 55.8 Å². The van der Waals surface area contributed by atoms with Crippen molar-refractivity contribution in [1.29, 1.82) is 0 Å². The van der Waals surface area contributed by atoms with Gasteiger partial charge in [-0.3, -0.25) is 13.9 Å². The van der Waals surface area contributed by atoms with Gasteiger partial charge in [0.2, 0.25) is 11.8 Å². The van der Waals surface area contributed by atoms with Crippen molar-refractivity contribution in [2.24, 2.45) is 0 Å². The van der Waals surface area contributed by atoms with Crippen LogP contribution in [0.25, 0.3) is 0 Å². The van der Waals surface area contributed by atoms with Gasteiger partial charge in [0.1, 0.15) is 12.6 Å². The predicted molar refractivity (Wildman–Crippen MR) is 153 cm³/mol. The molecule has 0 saturated carbocycles. The minimum atomic E-state index is -4.27. The van der Waals surface area contributed by atoms with Crippen molar-refractivity contribution >= 4 is 73.9 Å². The molecule has 0 spiro atoms. The average Bonchev–Trinajstić information content (AvgIpc) is 2.88. The van der Waals surface area contributed by atoms with Crippen LogP contribution in [0.2, 0.25) is 20.1 Å². The zero-order valence-corrected chi connectivity index (χ0v) is 24.3. The lowest BCUT2D eigenvalue weighted by Gasteiger charge is -2.32. The summed E-state index contributed by atoms with van der Waals surface area (Å²) in [4.78, 5) is 27.8. The number of rotatable bonds is 10. The van der Waals surface area contributed by atoms with Crippen LogP contribution in [0.3, 0.4) is 0 Å². The molecule has 0 aliphatic rings. The van der Waals surface area contributed by atoms with Gasteiger partial charge in [-0.25, -0.2) is 8.42 Å². The van der Waals surface area contributed by atoms with Gasteiger partial charge in [0.25, 0.3) is 10.0 Å². The van der Waals surface area contributed by atoms with E-state index in [0.29, 0.717) is 22.2 Å². The van der Waals surface area contributed by atoms with Crippen LogP contribution in [-0.2, 0) is 26.2 Å².